The quantitative estimate of drug-likeness (QED) is 0.670. The van der Waals surface area contributed by atoms with Gasteiger partial charge in [-0.05, 0) is 60.6 Å². The molecule has 0 spiro atoms. The van der Waals surface area contributed by atoms with E-state index in [1.807, 2.05) is 32.0 Å². The number of hydrogen-bond acceptors (Lipinski definition) is 2. The van der Waals surface area contributed by atoms with Crippen molar-refractivity contribution in [3.8, 4) is 10.4 Å². The summed E-state index contributed by atoms with van der Waals surface area (Å²) in [5.74, 6) is -0.00992. The first-order valence-electron chi connectivity index (χ1n) is 8.22. The third kappa shape index (κ3) is 2.55. The largest absolute Gasteiger partial charge is 0.321 e. The molecule has 1 aliphatic rings. The molecule has 1 amide bonds. The summed E-state index contributed by atoms with van der Waals surface area (Å²) in [4.78, 5) is 14.8. The van der Waals surface area contributed by atoms with E-state index in [9.17, 15) is 4.79 Å². The molecular formula is C21H19NOS. The lowest BCUT2D eigenvalue weighted by atomic mass is 9.91. The van der Waals surface area contributed by atoms with Gasteiger partial charge in [-0.2, -0.15) is 0 Å². The van der Waals surface area contributed by atoms with Gasteiger partial charge >= 0.3 is 0 Å². The summed E-state index contributed by atoms with van der Waals surface area (Å²) in [6.45, 7) is 4.05. The highest BCUT2D eigenvalue weighted by Crippen LogP contribution is 2.39. The van der Waals surface area contributed by atoms with E-state index in [0.717, 1.165) is 34.5 Å². The number of carbonyl (C=O) groups is 1. The second kappa shape index (κ2) is 5.91. The number of rotatable bonds is 2. The normalized spacial score (nSPS) is 12.4. The number of anilines is 1. The van der Waals surface area contributed by atoms with Crippen LogP contribution < -0.4 is 5.32 Å². The van der Waals surface area contributed by atoms with Gasteiger partial charge in [0.05, 0.1) is 4.88 Å². The van der Waals surface area contributed by atoms with Gasteiger partial charge in [0, 0.05) is 10.6 Å². The molecule has 24 heavy (non-hydrogen) atoms. The molecule has 1 N–H and O–H groups in total. The average molecular weight is 333 g/mol. The van der Waals surface area contributed by atoms with Gasteiger partial charge in [0.15, 0.2) is 0 Å². The van der Waals surface area contributed by atoms with Crippen molar-refractivity contribution in [2.75, 3.05) is 5.32 Å². The molecule has 3 aromatic rings. The number of fused-ring (bicyclic) bond motifs is 3. The molecule has 0 unspecified atom stereocenters. The van der Waals surface area contributed by atoms with Gasteiger partial charge in [-0.3, -0.25) is 4.79 Å². The van der Waals surface area contributed by atoms with Crippen molar-refractivity contribution in [2.24, 2.45) is 0 Å². The number of aryl methyl sites for hydroxylation is 4. The summed E-state index contributed by atoms with van der Waals surface area (Å²) in [5, 5.41) is 3.10. The van der Waals surface area contributed by atoms with Crippen molar-refractivity contribution in [1.82, 2.24) is 0 Å². The molecule has 2 aromatic carbocycles. The van der Waals surface area contributed by atoms with Crippen LogP contribution in [0.15, 0.2) is 48.5 Å². The van der Waals surface area contributed by atoms with E-state index in [0.29, 0.717) is 0 Å². The molecule has 0 aliphatic heterocycles. The zero-order chi connectivity index (χ0) is 16.7. The minimum Gasteiger partial charge on any atom is -0.321 e. The Balaban J connectivity index is 1.67. The van der Waals surface area contributed by atoms with E-state index < -0.39 is 0 Å². The second-order valence-electron chi connectivity index (χ2n) is 6.34. The van der Waals surface area contributed by atoms with Crippen molar-refractivity contribution in [1.29, 1.82) is 0 Å². The van der Waals surface area contributed by atoms with Gasteiger partial charge in [0.25, 0.3) is 5.91 Å². The van der Waals surface area contributed by atoms with Crippen LogP contribution in [0.1, 0.15) is 31.9 Å². The van der Waals surface area contributed by atoms with Crippen LogP contribution in [0.2, 0.25) is 0 Å². The Bertz CT molecular complexity index is 919. The van der Waals surface area contributed by atoms with Crippen LogP contribution in [0.3, 0.4) is 0 Å². The van der Waals surface area contributed by atoms with Gasteiger partial charge in [0.2, 0.25) is 0 Å². The van der Waals surface area contributed by atoms with Crippen molar-refractivity contribution < 1.29 is 4.79 Å². The summed E-state index contributed by atoms with van der Waals surface area (Å²) in [5.41, 5.74) is 7.08. The smallest absolute Gasteiger partial charge is 0.265 e. The van der Waals surface area contributed by atoms with Crippen LogP contribution in [0.5, 0.6) is 0 Å². The van der Waals surface area contributed by atoms with E-state index in [2.05, 4.69) is 35.6 Å². The monoisotopic (exact) mass is 333 g/mol. The highest BCUT2D eigenvalue weighted by atomic mass is 32.1. The molecule has 1 heterocycles. The molecule has 1 aromatic heterocycles. The molecular weight excluding hydrogens is 314 g/mol. The van der Waals surface area contributed by atoms with Gasteiger partial charge in [-0.15, -0.1) is 11.3 Å². The molecule has 120 valence electrons. The fourth-order valence-electron chi connectivity index (χ4n) is 3.37. The van der Waals surface area contributed by atoms with E-state index in [1.54, 1.807) is 11.3 Å². The zero-order valence-corrected chi connectivity index (χ0v) is 14.7. The fraction of sp³-hybridized carbons (Fsp3) is 0.190. The molecule has 3 heteroatoms. The maximum absolute atomic E-state index is 12.7. The highest BCUT2D eigenvalue weighted by molar-refractivity contribution is 7.17. The molecule has 0 fully saturated rings. The predicted octanol–water partition coefficient (Wildman–Crippen LogP) is 5.38. The first-order valence-corrected chi connectivity index (χ1v) is 9.03. The Morgan fingerprint density at radius 1 is 0.958 bits per heavy atom. The van der Waals surface area contributed by atoms with Crippen LogP contribution in [0.4, 0.5) is 5.69 Å². The summed E-state index contributed by atoms with van der Waals surface area (Å²) in [6.07, 6.45) is 2.07. The Labute approximate surface area is 146 Å². The van der Waals surface area contributed by atoms with E-state index in [4.69, 9.17) is 0 Å². The van der Waals surface area contributed by atoms with Crippen molar-refractivity contribution >= 4 is 22.9 Å². The number of benzene rings is 2. The Kier molecular flexibility index (Phi) is 3.73. The topological polar surface area (TPSA) is 29.1 Å². The number of nitrogens with one attached hydrogen (secondary N) is 1. The fourth-order valence-corrected chi connectivity index (χ4v) is 4.54. The first kappa shape index (κ1) is 15.2. The third-order valence-corrected chi connectivity index (χ3v) is 5.89. The van der Waals surface area contributed by atoms with E-state index in [-0.39, 0.29) is 5.91 Å². The number of hydrogen-bond donors (Lipinski definition) is 1. The van der Waals surface area contributed by atoms with Crippen molar-refractivity contribution in [3.05, 3.63) is 75.7 Å². The molecule has 0 saturated heterocycles. The predicted molar refractivity (Wildman–Crippen MR) is 101 cm³/mol. The van der Waals surface area contributed by atoms with Crippen LogP contribution in [-0.4, -0.2) is 5.91 Å². The number of carbonyl (C=O) groups excluding carboxylic acids is 1. The lowest BCUT2D eigenvalue weighted by Crippen LogP contribution is -2.12. The molecule has 0 saturated carbocycles. The number of thiophene rings is 1. The standard InChI is InChI=1S/C21H19NOS/c1-13-6-5-7-14(2)19(13)22-21(23)18-12-16-11-10-15-8-3-4-9-17(15)20(16)24-18/h3-9,12H,10-11H2,1-2H3,(H,22,23). The van der Waals surface area contributed by atoms with E-state index >= 15 is 0 Å². The number of para-hydroxylation sites is 1. The lowest BCUT2D eigenvalue weighted by molar-refractivity contribution is 0.103. The maximum atomic E-state index is 12.7. The molecule has 0 bridgehead atoms. The van der Waals surface area contributed by atoms with Gasteiger partial charge in [0.1, 0.15) is 0 Å². The summed E-state index contributed by atoms with van der Waals surface area (Å²) in [6, 6.07) is 16.7. The highest BCUT2D eigenvalue weighted by Gasteiger charge is 2.21. The van der Waals surface area contributed by atoms with Crippen molar-refractivity contribution in [2.45, 2.75) is 26.7 Å². The molecule has 0 atom stereocenters. The van der Waals surface area contributed by atoms with Crippen molar-refractivity contribution in [3.63, 3.8) is 0 Å². The number of amides is 1. The second-order valence-corrected chi connectivity index (χ2v) is 7.40. The maximum Gasteiger partial charge on any atom is 0.265 e. The van der Waals surface area contributed by atoms with Crippen LogP contribution in [-0.2, 0) is 12.8 Å². The minimum absolute atomic E-state index is 0.00992. The summed E-state index contributed by atoms with van der Waals surface area (Å²) in [7, 11) is 0. The minimum atomic E-state index is -0.00992. The molecule has 0 radical (unpaired) electrons. The van der Waals surface area contributed by atoms with Gasteiger partial charge < -0.3 is 5.32 Å². The van der Waals surface area contributed by atoms with Crippen LogP contribution >= 0.6 is 11.3 Å². The van der Waals surface area contributed by atoms with Crippen LogP contribution in [0.25, 0.3) is 10.4 Å². The SMILES string of the molecule is Cc1cccc(C)c1NC(=O)c1cc2c(s1)-c1ccccc1CC2. The summed E-state index contributed by atoms with van der Waals surface area (Å²) >= 11 is 1.61. The third-order valence-electron chi connectivity index (χ3n) is 4.68. The molecule has 4 rings (SSSR count). The zero-order valence-electron chi connectivity index (χ0n) is 13.8. The Morgan fingerprint density at radius 2 is 1.67 bits per heavy atom. The first-order chi connectivity index (χ1) is 11.6. The average Bonchev–Trinajstić information content (AvgIpc) is 3.03. The Morgan fingerprint density at radius 3 is 2.46 bits per heavy atom. The Hall–Kier alpha value is -2.39. The molecule has 2 nitrogen and oxygen atoms in total. The lowest BCUT2D eigenvalue weighted by Gasteiger charge is -2.15. The van der Waals surface area contributed by atoms with Gasteiger partial charge in [-0.1, -0.05) is 42.5 Å². The molecule has 1 aliphatic carbocycles. The van der Waals surface area contributed by atoms with Gasteiger partial charge in [-0.25, -0.2) is 0 Å². The van der Waals surface area contributed by atoms with Crippen LogP contribution in [0, 0.1) is 13.8 Å². The summed E-state index contributed by atoms with van der Waals surface area (Å²) < 4.78 is 0. The van der Waals surface area contributed by atoms with E-state index in [1.165, 1.54) is 21.6 Å².